The minimum Gasteiger partial charge on any atom is -0.455 e. The van der Waals surface area contributed by atoms with E-state index in [0.29, 0.717) is 16.5 Å². The van der Waals surface area contributed by atoms with Crippen LogP contribution in [0.2, 0.25) is 0 Å². The fourth-order valence-corrected chi connectivity index (χ4v) is 3.58. The van der Waals surface area contributed by atoms with Gasteiger partial charge in [0.25, 0.3) is 0 Å². The van der Waals surface area contributed by atoms with E-state index >= 15 is 0 Å². The minimum absolute atomic E-state index is 0.00952. The van der Waals surface area contributed by atoms with Crippen molar-refractivity contribution >= 4 is 29.5 Å². The lowest BCUT2D eigenvalue weighted by molar-refractivity contribution is 0.0579. The van der Waals surface area contributed by atoms with Crippen molar-refractivity contribution in [1.29, 1.82) is 0 Å². The van der Waals surface area contributed by atoms with Crippen LogP contribution in [0.3, 0.4) is 0 Å². The summed E-state index contributed by atoms with van der Waals surface area (Å²) in [7, 11) is -5.71. The zero-order valence-corrected chi connectivity index (χ0v) is 14.2. The Bertz CT molecular complexity index is 1160. The van der Waals surface area contributed by atoms with Gasteiger partial charge in [0.15, 0.2) is 0 Å². The maximum Gasteiger partial charge on any atom is 0.399 e. The van der Waals surface area contributed by atoms with Crippen molar-refractivity contribution in [2.24, 2.45) is 0 Å². The van der Waals surface area contributed by atoms with Crippen molar-refractivity contribution in [2.75, 3.05) is 0 Å². The first kappa shape index (κ1) is 16.9. The van der Waals surface area contributed by atoms with Gasteiger partial charge in [-0.2, -0.15) is 8.78 Å². The fraction of sp³-hybridized carbons (Fsp3) is 0.0526. The van der Waals surface area contributed by atoms with Crippen LogP contribution in [0, 0.1) is 0 Å². The van der Waals surface area contributed by atoms with Crippen LogP contribution in [0.4, 0.5) is 8.78 Å². The number of hydrogen-bond donors (Lipinski definition) is 2. The van der Waals surface area contributed by atoms with E-state index in [1.165, 1.54) is 6.07 Å². The van der Waals surface area contributed by atoms with Gasteiger partial charge >= 0.3 is 13.3 Å². The number of rotatable bonds is 3. The smallest absolute Gasteiger partial charge is 0.399 e. The zero-order chi connectivity index (χ0) is 18.5. The summed E-state index contributed by atoms with van der Waals surface area (Å²) in [6.45, 7) is 0. The molecule has 2 N–H and O–H groups in total. The van der Waals surface area contributed by atoms with Gasteiger partial charge in [-0.15, -0.1) is 0 Å². The summed E-state index contributed by atoms with van der Waals surface area (Å²) in [6, 6.07) is 18.1. The molecular formula is C19H13F2O4P. The van der Waals surface area contributed by atoms with Crippen LogP contribution in [0.1, 0.15) is 5.56 Å². The summed E-state index contributed by atoms with van der Waals surface area (Å²) in [5.41, 5.74) is -3.21. The standard InChI is InChI=1S/C19H13F2O4P/c20-19(21,26(22,23)24)15-11-10-13(12-6-2-1-3-7-12)18-17(15)14-8-4-5-9-16(14)25-18/h1-11H,(H2,22,23,24). The van der Waals surface area contributed by atoms with E-state index in [1.807, 2.05) is 30.3 Å². The number of hydrogen-bond acceptors (Lipinski definition) is 2. The average molecular weight is 374 g/mol. The maximum absolute atomic E-state index is 14.5. The second kappa shape index (κ2) is 5.74. The van der Waals surface area contributed by atoms with E-state index in [2.05, 4.69) is 0 Å². The quantitative estimate of drug-likeness (QED) is 0.466. The SMILES string of the molecule is O=P(O)(O)C(F)(F)c1ccc(-c2ccccc2)c2oc3ccccc3c12. The van der Waals surface area contributed by atoms with Crippen LogP contribution >= 0.6 is 7.60 Å². The predicted molar refractivity (Wildman–Crippen MR) is 95.1 cm³/mol. The first-order valence-electron chi connectivity index (χ1n) is 7.74. The van der Waals surface area contributed by atoms with Crippen LogP contribution in [0.25, 0.3) is 33.1 Å². The van der Waals surface area contributed by atoms with E-state index in [-0.39, 0.29) is 11.0 Å². The van der Waals surface area contributed by atoms with E-state index in [4.69, 9.17) is 4.42 Å². The lowest BCUT2D eigenvalue weighted by Crippen LogP contribution is -2.14. The third-order valence-corrected chi connectivity index (χ3v) is 5.27. The average Bonchev–Trinajstić information content (AvgIpc) is 3.00. The summed E-state index contributed by atoms with van der Waals surface area (Å²) in [5, 5.41) is 0.388. The summed E-state index contributed by atoms with van der Waals surface area (Å²) >= 11 is 0. The molecular weight excluding hydrogens is 361 g/mol. The normalized spacial score (nSPS) is 12.8. The molecule has 4 aromatic rings. The highest BCUT2D eigenvalue weighted by Crippen LogP contribution is 2.61. The van der Waals surface area contributed by atoms with Gasteiger partial charge in [-0.25, -0.2) is 0 Å². The van der Waals surface area contributed by atoms with Gasteiger partial charge in [-0.3, -0.25) is 4.57 Å². The lowest BCUT2D eigenvalue weighted by Gasteiger charge is -2.19. The summed E-state index contributed by atoms with van der Waals surface area (Å²) in [5.74, 6) is 0. The molecule has 3 aromatic carbocycles. The molecule has 132 valence electrons. The number of benzene rings is 3. The highest BCUT2D eigenvalue weighted by molar-refractivity contribution is 7.52. The number of para-hydroxylation sites is 1. The Morgan fingerprint density at radius 3 is 2.23 bits per heavy atom. The van der Waals surface area contributed by atoms with Crippen molar-refractivity contribution in [3.05, 3.63) is 72.3 Å². The molecule has 0 amide bonds. The van der Waals surface area contributed by atoms with E-state index in [0.717, 1.165) is 11.6 Å². The largest absolute Gasteiger partial charge is 0.455 e. The zero-order valence-electron chi connectivity index (χ0n) is 13.3. The number of furan rings is 1. The molecule has 0 saturated heterocycles. The van der Waals surface area contributed by atoms with Crippen LogP contribution < -0.4 is 0 Å². The Hall–Kier alpha value is -2.53. The third-order valence-electron chi connectivity index (χ3n) is 4.30. The predicted octanol–water partition coefficient (Wildman–Crippen LogP) is 5.48. The second-order valence-corrected chi connectivity index (χ2v) is 7.56. The lowest BCUT2D eigenvalue weighted by atomic mass is 9.98. The second-order valence-electron chi connectivity index (χ2n) is 5.91. The Kier molecular flexibility index (Phi) is 3.74. The fourth-order valence-electron chi connectivity index (χ4n) is 3.08. The first-order chi connectivity index (χ1) is 12.3. The molecule has 4 rings (SSSR count). The van der Waals surface area contributed by atoms with Crippen LogP contribution in [0.5, 0.6) is 0 Å². The third kappa shape index (κ3) is 2.46. The van der Waals surface area contributed by atoms with Gasteiger partial charge in [0.1, 0.15) is 11.2 Å². The van der Waals surface area contributed by atoms with Crippen molar-refractivity contribution in [2.45, 2.75) is 5.66 Å². The number of halogens is 2. The van der Waals surface area contributed by atoms with Gasteiger partial charge in [0, 0.05) is 21.9 Å². The molecule has 0 saturated carbocycles. The highest BCUT2D eigenvalue weighted by atomic mass is 31.2. The molecule has 0 bridgehead atoms. The minimum atomic E-state index is -5.71. The molecule has 0 atom stereocenters. The number of alkyl halides is 2. The van der Waals surface area contributed by atoms with Crippen molar-refractivity contribution in [3.63, 3.8) is 0 Å². The molecule has 0 aliphatic heterocycles. The summed E-state index contributed by atoms with van der Waals surface area (Å²) < 4.78 is 46.3. The monoisotopic (exact) mass is 374 g/mol. The van der Waals surface area contributed by atoms with Crippen LogP contribution in [-0.2, 0) is 10.2 Å². The molecule has 0 spiro atoms. The molecule has 7 heteroatoms. The van der Waals surface area contributed by atoms with Crippen LogP contribution in [0.15, 0.2) is 71.1 Å². The van der Waals surface area contributed by atoms with Gasteiger partial charge in [-0.05, 0) is 11.6 Å². The molecule has 0 aliphatic rings. The maximum atomic E-state index is 14.5. The van der Waals surface area contributed by atoms with E-state index in [9.17, 15) is 23.1 Å². The van der Waals surface area contributed by atoms with Crippen molar-refractivity contribution in [3.8, 4) is 11.1 Å². The first-order valence-corrected chi connectivity index (χ1v) is 9.35. The summed E-state index contributed by atoms with van der Waals surface area (Å²) in [4.78, 5) is 18.4. The molecule has 4 nitrogen and oxygen atoms in total. The summed E-state index contributed by atoms with van der Waals surface area (Å²) in [6.07, 6.45) is 0. The molecule has 0 fully saturated rings. The topological polar surface area (TPSA) is 70.7 Å². The van der Waals surface area contributed by atoms with Crippen LogP contribution in [-0.4, -0.2) is 9.79 Å². The van der Waals surface area contributed by atoms with Gasteiger partial charge in [0.2, 0.25) is 0 Å². The van der Waals surface area contributed by atoms with Gasteiger partial charge in [-0.1, -0.05) is 60.7 Å². The molecule has 1 aromatic heterocycles. The Balaban J connectivity index is 2.15. The van der Waals surface area contributed by atoms with E-state index in [1.54, 1.807) is 24.3 Å². The highest BCUT2D eigenvalue weighted by Gasteiger charge is 2.51. The molecule has 1 heterocycles. The molecule has 26 heavy (non-hydrogen) atoms. The Labute approximate surface area is 146 Å². The van der Waals surface area contributed by atoms with Crippen molar-refractivity contribution < 1.29 is 27.5 Å². The van der Waals surface area contributed by atoms with Crippen molar-refractivity contribution in [1.82, 2.24) is 0 Å². The van der Waals surface area contributed by atoms with Gasteiger partial charge in [0.05, 0.1) is 0 Å². The Morgan fingerprint density at radius 1 is 0.885 bits per heavy atom. The van der Waals surface area contributed by atoms with Gasteiger partial charge < -0.3 is 14.2 Å². The Morgan fingerprint density at radius 2 is 1.54 bits per heavy atom. The molecule has 0 radical (unpaired) electrons. The molecule has 0 aliphatic carbocycles. The number of fused-ring (bicyclic) bond motifs is 3. The molecule has 0 unspecified atom stereocenters. The van der Waals surface area contributed by atoms with E-state index < -0.39 is 18.8 Å².